The van der Waals surface area contributed by atoms with Gasteiger partial charge < -0.3 is 0 Å². The number of hydrazine groups is 1. The SMILES string of the molecule is Cc1cccc2cc(C3SCC(=O)N3NC(=O)c3ccc([N+](=O)[O-])cc3)c3nnnn3c12. The van der Waals surface area contributed by atoms with E-state index in [2.05, 4.69) is 21.0 Å². The fourth-order valence-corrected chi connectivity index (χ4v) is 4.81. The number of aromatic nitrogens is 4. The van der Waals surface area contributed by atoms with Crippen LogP contribution in [0.15, 0.2) is 48.5 Å². The van der Waals surface area contributed by atoms with E-state index in [1.54, 1.807) is 4.52 Å². The first-order valence-corrected chi connectivity index (χ1v) is 10.6. The van der Waals surface area contributed by atoms with Crippen LogP contribution < -0.4 is 5.43 Å². The Hall–Kier alpha value is -4.06. The van der Waals surface area contributed by atoms with E-state index in [-0.39, 0.29) is 22.9 Å². The minimum atomic E-state index is -0.548. The van der Waals surface area contributed by atoms with Crippen molar-refractivity contribution in [2.24, 2.45) is 0 Å². The Labute approximate surface area is 184 Å². The molecule has 1 aliphatic rings. The van der Waals surface area contributed by atoms with Crippen LogP contribution in [0.4, 0.5) is 5.69 Å². The molecule has 1 aliphatic heterocycles. The maximum atomic E-state index is 12.7. The zero-order valence-electron chi connectivity index (χ0n) is 16.6. The number of pyridine rings is 1. The zero-order chi connectivity index (χ0) is 22.4. The van der Waals surface area contributed by atoms with Gasteiger partial charge in [0.15, 0.2) is 5.65 Å². The van der Waals surface area contributed by atoms with Crippen LogP contribution in [0.1, 0.15) is 26.9 Å². The lowest BCUT2D eigenvalue weighted by Crippen LogP contribution is -2.44. The number of nitro benzene ring substituents is 1. The highest BCUT2D eigenvalue weighted by atomic mass is 32.2. The minimum Gasteiger partial charge on any atom is -0.272 e. The van der Waals surface area contributed by atoms with Gasteiger partial charge in [-0.3, -0.25) is 25.1 Å². The Balaban J connectivity index is 1.51. The van der Waals surface area contributed by atoms with Crippen molar-refractivity contribution in [1.82, 2.24) is 30.5 Å². The molecule has 1 unspecified atom stereocenters. The number of fused-ring (bicyclic) bond motifs is 3. The number of nitrogens with one attached hydrogen (secondary N) is 1. The van der Waals surface area contributed by atoms with E-state index in [0.29, 0.717) is 11.2 Å². The number of nitro groups is 1. The van der Waals surface area contributed by atoms with E-state index in [4.69, 9.17) is 0 Å². The van der Waals surface area contributed by atoms with Gasteiger partial charge in [-0.25, -0.2) is 5.01 Å². The predicted octanol–water partition coefficient (Wildman–Crippen LogP) is 2.41. The van der Waals surface area contributed by atoms with Crippen molar-refractivity contribution in [2.75, 3.05) is 5.75 Å². The summed E-state index contributed by atoms with van der Waals surface area (Å²) in [5, 5.41) is 24.5. The molecule has 0 bridgehead atoms. The van der Waals surface area contributed by atoms with Gasteiger partial charge in [-0.1, -0.05) is 18.2 Å². The molecule has 2 amide bonds. The number of hydrogen-bond acceptors (Lipinski definition) is 8. The number of carbonyl (C=O) groups excluding carboxylic acids is 2. The summed E-state index contributed by atoms with van der Waals surface area (Å²) < 4.78 is 1.64. The van der Waals surface area contributed by atoms with Crippen LogP contribution in [0, 0.1) is 17.0 Å². The third-order valence-electron chi connectivity index (χ3n) is 5.22. The van der Waals surface area contributed by atoms with Crippen molar-refractivity contribution in [2.45, 2.75) is 12.3 Å². The highest BCUT2D eigenvalue weighted by Gasteiger charge is 2.36. The maximum Gasteiger partial charge on any atom is 0.269 e. The van der Waals surface area contributed by atoms with Crippen molar-refractivity contribution in [3.05, 3.63) is 75.3 Å². The Morgan fingerprint density at radius 2 is 2.03 bits per heavy atom. The van der Waals surface area contributed by atoms with Crippen LogP contribution in [-0.4, -0.2) is 47.5 Å². The number of aryl methyl sites for hydroxylation is 1. The molecule has 32 heavy (non-hydrogen) atoms. The number of non-ortho nitro benzene ring substituents is 1. The molecule has 3 heterocycles. The van der Waals surface area contributed by atoms with Gasteiger partial charge in [0.05, 0.1) is 16.2 Å². The van der Waals surface area contributed by atoms with Crippen molar-refractivity contribution in [3.8, 4) is 0 Å². The molecule has 0 spiro atoms. The van der Waals surface area contributed by atoms with Crippen molar-refractivity contribution >= 4 is 45.8 Å². The van der Waals surface area contributed by atoms with E-state index in [1.165, 1.54) is 41.0 Å². The Morgan fingerprint density at radius 3 is 2.78 bits per heavy atom. The summed E-state index contributed by atoms with van der Waals surface area (Å²) >= 11 is 1.35. The van der Waals surface area contributed by atoms with Gasteiger partial charge in [0.1, 0.15) is 5.37 Å². The summed E-state index contributed by atoms with van der Waals surface area (Å²) in [6, 6.07) is 12.9. The fraction of sp³-hybridized carbons (Fsp3) is 0.150. The minimum absolute atomic E-state index is 0.125. The molecule has 0 aliphatic carbocycles. The van der Waals surface area contributed by atoms with Gasteiger partial charge in [0.25, 0.3) is 17.5 Å². The summed E-state index contributed by atoms with van der Waals surface area (Å²) in [5.41, 5.74) is 5.76. The summed E-state index contributed by atoms with van der Waals surface area (Å²) in [6.07, 6.45) is 0. The number of benzene rings is 2. The van der Waals surface area contributed by atoms with Crippen LogP contribution in [0.25, 0.3) is 16.6 Å². The van der Waals surface area contributed by atoms with Gasteiger partial charge in [-0.05, 0) is 41.1 Å². The molecule has 2 aromatic heterocycles. The third kappa shape index (κ3) is 3.21. The van der Waals surface area contributed by atoms with Crippen LogP contribution in [-0.2, 0) is 4.79 Å². The summed E-state index contributed by atoms with van der Waals surface area (Å²) in [5.74, 6) is -0.650. The summed E-state index contributed by atoms with van der Waals surface area (Å²) in [6.45, 7) is 1.97. The van der Waals surface area contributed by atoms with Gasteiger partial charge in [0, 0.05) is 28.6 Å². The molecule has 1 fully saturated rings. The fourth-order valence-electron chi connectivity index (χ4n) is 3.70. The Kier molecular flexibility index (Phi) is 4.70. The van der Waals surface area contributed by atoms with Crippen molar-refractivity contribution < 1.29 is 14.5 Å². The van der Waals surface area contributed by atoms with Crippen LogP contribution in [0.3, 0.4) is 0 Å². The van der Waals surface area contributed by atoms with Gasteiger partial charge in [-0.2, -0.15) is 4.52 Å². The van der Waals surface area contributed by atoms with Gasteiger partial charge >= 0.3 is 0 Å². The quantitative estimate of drug-likeness (QED) is 0.371. The molecule has 1 atom stereocenters. The topological polar surface area (TPSA) is 136 Å². The highest BCUT2D eigenvalue weighted by molar-refractivity contribution is 8.00. The number of amides is 2. The average molecular weight is 449 g/mol. The number of tetrazole rings is 1. The Morgan fingerprint density at radius 1 is 1.25 bits per heavy atom. The molecular formula is C20H15N7O4S. The first-order chi connectivity index (χ1) is 15.4. The molecule has 5 rings (SSSR count). The van der Waals surface area contributed by atoms with Crippen molar-refractivity contribution in [1.29, 1.82) is 0 Å². The summed E-state index contributed by atoms with van der Waals surface area (Å²) in [7, 11) is 0. The number of para-hydroxylation sites is 1. The van der Waals surface area contributed by atoms with Gasteiger partial charge in [0.2, 0.25) is 0 Å². The molecule has 1 N–H and O–H groups in total. The molecule has 160 valence electrons. The molecule has 0 saturated carbocycles. The number of carbonyl (C=O) groups is 2. The predicted molar refractivity (Wildman–Crippen MR) is 116 cm³/mol. The number of rotatable bonds is 4. The molecule has 1 saturated heterocycles. The number of nitrogens with zero attached hydrogens (tertiary/aromatic N) is 6. The second-order valence-electron chi connectivity index (χ2n) is 7.20. The second-order valence-corrected chi connectivity index (χ2v) is 8.27. The lowest BCUT2D eigenvalue weighted by Gasteiger charge is -2.25. The van der Waals surface area contributed by atoms with Crippen LogP contribution in [0.2, 0.25) is 0 Å². The molecule has 2 aromatic carbocycles. The monoisotopic (exact) mass is 449 g/mol. The summed E-state index contributed by atoms with van der Waals surface area (Å²) in [4.78, 5) is 35.6. The average Bonchev–Trinajstić information content (AvgIpc) is 3.41. The van der Waals surface area contributed by atoms with E-state index in [9.17, 15) is 19.7 Å². The zero-order valence-corrected chi connectivity index (χ0v) is 17.4. The molecule has 12 heteroatoms. The lowest BCUT2D eigenvalue weighted by molar-refractivity contribution is -0.384. The van der Waals surface area contributed by atoms with Crippen LogP contribution in [0.5, 0.6) is 0 Å². The molecular weight excluding hydrogens is 434 g/mol. The van der Waals surface area contributed by atoms with E-state index >= 15 is 0 Å². The normalized spacial score (nSPS) is 16.1. The van der Waals surface area contributed by atoms with Crippen molar-refractivity contribution in [3.63, 3.8) is 0 Å². The molecule has 4 aromatic rings. The van der Waals surface area contributed by atoms with E-state index in [1.807, 2.05) is 31.2 Å². The third-order valence-corrected chi connectivity index (χ3v) is 6.41. The van der Waals surface area contributed by atoms with Crippen LogP contribution >= 0.6 is 11.8 Å². The maximum absolute atomic E-state index is 12.7. The standard InChI is InChI=1S/C20H15N7O4S/c1-11-3-2-4-13-9-15(18-21-23-24-26(18)17(11)13)20-25(16(28)10-32-20)22-19(29)12-5-7-14(8-6-12)27(30)31/h2-9,20H,10H2,1H3,(H,22,29). The van der Waals surface area contributed by atoms with Gasteiger partial charge in [-0.15, -0.1) is 16.9 Å². The molecule has 11 nitrogen and oxygen atoms in total. The number of thioether (sulfide) groups is 1. The van der Waals surface area contributed by atoms with E-state index in [0.717, 1.165) is 16.5 Å². The second kappa shape index (κ2) is 7.57. The molecule has 0 radical (unpaired) electrons. The first-order valence-electron chi connectivity index (χ1n) is 9.53. The number of hydrogen-bond donors (Lipinski definition) is 1. The smallest absolute Gasteiger partial charge is 0.269 e. The first kappa shape index (κ1) is 19.9. The Bertz CT molecular complexity index is 1400. The highest BCUT2D eigenvalue weighted by Crippen LogP contribution is 2.40. The lowest BCUT2D eigenvalue weighted by atomic mass is 10.1. The largest absolute Gasteiger partial charge is 0.272 e. The van der Waals surface area contributed by atoms with E-state index < -0.39 is 16.2 Å².